The minimum Gasteiger partial charge on any atom is -0.383 e. The molecule has 2 aromatic rings. The fraction of sp³-hybridized carbons (Fsp3) is 0.222. The molecule has 0 saturated heterocycles. The Hall–Kier alpha value is -2.57. The molecule has 2 amide bonds. The van der Waals surface area contributed by atoms with Crippen LogP contribution in [0.3, 0.4) is 0 Å². The molecule has 0 heterocycles. The van der Waals surface area contributed by atoms with Gasteiger partial charge in [-0.3, -0.25) is 9.59 Å². The van der Waals surface area contributed by atoms with Gasteiger partial charge in [0.2, 0.25) is 5.91 Å². The molecule has 0 saturated carbocycles. The predicted molar refractivity (Wildman–Crippen MR) is 99.2 cm³/mol. The third kappa shape index (κ3) is 6.45. The quantitative estimate of drug-likeness (QED) is 0.632. The van der Waals surface area contributed by atoms with Gasteiger partial charge in [-0.25, -0.2) is 0 Å². The lowest BCUT2D eigenvalue weighted by molar-refractivity contribution is -0.114. The number of carbonyl (C=O) groups is 2. The van der Waals surface area contributed by atoms with Gasteiger partial charge in [0.15, 0.2) is 0 Å². The molecule has 0 atom stereocenters. The molecule has 0 aromatic heterocycles. The van der Waals surface area contributed by atoms with E-state index in [1.54, 1.807) is 49.6 Å². The van der Waals surface area contributed by atoms with Crippen molar-refractivity contribution in [1.82, 2.24) is 5.32 Å². The summed E-state index contributed by atoms with van der Waals surface area (Å²) in [6.45, 7) is 1.02. The minimum atomic E-state index is -0.197. The predicted octanol–water partition coefficient (Wildman–Crippen LogP) is 2.77. The second kappa shape index (κ2) is 9.66. The molecule has 2 aromatic carbocycles. The molecule has 0 aliphatic heterocycles. The van der Waals surface area contributed by atoms with Crippen molar-refractivity contribution < 1.29 is 14.3 Å². The van der Waals surface area contributed by atoms with Crippen LogP contribution in [0.5, 0.6) is 0 Å². The summed E-state index contributed by atoms with van der Waals surface area (Å²) < 4.78 is 4.88. The second-order valence-corrected chi connectivity index (χ2v) is 5.67. The number of benzene rings is 2. The van der Waals surface area contributed by atoms with Crippen molar-refractivity contribution in [3.05, 3.63) is 59.1 Å². The molecule has 0 aliphatic rings. The lowest BCUT2D eigenvalue weighted by atomic mass is 10.2. The van der Waals surface area contributed by atoms with Gasteiger partial charge in [-0.05, 0) is 42.5 Å². The van der Waals surface area contributed by atoms with E-state index in [1.165, 1.54) is 0 Å². The summed E-state index contributed by atoms with van der Waals surface area (Å²) in [6, 6.07) is 13.8. The Kier molecular flexibility index (Phi) is 7.25. The van der Waals surface area contributed by atoms with Crippen molar-refractivity contribution in [3.8, 4) is 0 Å². The number of methoxy groups -OCH3 is 1. The zero-order valence-electron chi connectivity index (χ0n) is 13.8. The molecule has 2 rings (SSSR count). The Morgan fingerprint density at radius 1 is 1.08 bits per heavy atom. The summed E-state index contributed by atoms with van der Waals surface area (Å²) in [5.74, 6) is -0.380. The average molecular weight is 362 g/mol. The van der Waals surface area contributed by atoms with E-state index in [-0.39, 0.29) is 18.4 Å². The highest BCUT2D eigenvalue weighted by molar-refractivity contribution is 6.30. The number of halogens is 1. The number of hydrogen-bond donors (Lipinski definition) is 3. The van der Waals surface area contributed by atoms with Gasteiger partial charge in [0.05, 0.1) is 13.2 Å². The van der Waals surface area contributed by atoms with Crippen molar-refractivity contribution in [2.45, 2.75) is 0 Å². The van der Waals surface area contributed by atoms with Gasteiger partial charge >= 0.3 is 0 Å². The van der Waals surface area contributed by atoms with E-state index in [2.05, 4.69) is 16.0 Å². The lowest BCUT2D eigenvalue weighted by Gasteiger charge is -2.09. The molecule has 6 nitrogen and oxygen atoms in total. The van der Waals surface area contributed by atoms with Gasteiger partial charge < -0.3 is 20.7 Å². The first-order valence-electron chi connectivity index (χ1n) is 7.75. The van der Waals surface area contributed by atoms with Crippen LogP contribution in [0.2, 0.25) is 5.02 Å². The summed E-state index contributed by atoms with van der Waals surface area (Å²) in [5.41, 5.74) is 1.91. The van der Waals surface area contributed by atoms with Crippen molar-refractivity contribution in [2.75, 3.05) is 37.4 Å². The maximum atomic E-state index is 12.0. The van der Waals surface area contributed by atoms with Crippen molar-refractivity contribution in [1.29, 1.82) is 0 Å². The number of rotatable bonds is 8. The lowest BCUT2D eigenvalue weighted by Crippen LogP contribution is -2.27. The third-order valence-corrected chi connectivity index (χ3v) is 3.54. The van der Waals surface area contributed by atoms with Crippen LogP contribution in [-0.2, 0) is 9.53 Å². The minimum absolute atomic E-state index is 0.111. The maximum absolute atomic E-state index is 12.0. The highest BCUT2D eigenvalue weighted by atomic mass is 35.5. The first-order valence-corrected chi connectivity index (χ1v) is 8.13. The average Bonchev–Trinajstić information content (AvgIpc) is 2.61. The van der Waals surface area contributed by atoms with Crippen LogP contribution in [-0.4, -0.2) is 38.6 Å². The van der Waals surface area contributed by atoms with Crippen LogP contribution < -0.4 is 16.0 Å². The molecular weight excluding hydrogens is 342 g/mol. The normalized spacial score (nSPS) is 10.2. The number of ether oxygens (including phenoxy) is 1. The van der Waals surface area contributed by atoms with Gasteiger partial charge in [-0.15, -0.1) is 0 Å². The number of nitrogens with one attached hydrogen (secondary N) is 3. The Morgan fingerprint density at radius 3 is 2.52 bits per heavy atom. The van der Waals surface area contributed by atoms with E-state index in [0.29, 0.717) is 29.4 Å². The summed E-state index contributed by atoms with van der Waals surface area (Å²) in [7, 11) is 1.57. The summed E-state index contributed by atoms with van der Waals surface area (Å²) in [4.78, 5) is 23.8. The van der Waals surface area contributed by atoms with Crippen LogP contribution in [0.15, 0.2) is 48.5 Å². The van der Waals surface area contributed by atoms with E-state index in [9.17, 15) is 9.59 Å². The van der Waals surface area contributed by atoms with E-state index < -0.39 is 0 Å². The Balaban J connectivity index is 1.81. The fourth-order valence-electron chi connectivity index (χ4n) is 2.06. The highest BCUT2D eigenvalue weighted by Gasteiger charge is 2.06. The molecule has 0 spiro atoms. The molecule has 7 heteroatoms. The topological polar surface area (TPSA) is 79.5 Å². The van der Waals surface area contributed by atoms with Crippen LogP contribution in [0, 0.1) is 0 Å². The zero-order valence-corrected chi connectivity index (χ0v) is 14.6. The molecule has 0 bridgehead atoms. The number of amides is 2. The smallest absolute Gasteiger partial charge is 0.251 e. The van der Waals surface area contributed by atoms with Crippen molar-refractivity contribution >= 4 is 34.8 Å². The Morgan fingerprint density at radius 2 is 1.84 bits per heavy atom. The van der Waals surface area contributed by atoms with Crippen LogP contribution in [0.1, 0.15) is 10.4 Å². The first-order chi connectivity index (χ1) is 12.1. The summed E-state index contributed by atoms with van der Waals surface area (Å²) in [6.07, 6.45) is 0. The van der Waals surface area contributed by atoms with E-state index >= 15 is 0 Å². The second-order valence-electron chi connectivity index (χ2n) is 5.24. The van der Waals surface area contributed by atoms with E-state index in [4.69, 9.17) is 16.3 Å². The molecule has 3 N–H and O–H groups in total. The monoisotopic (exact) mass is 361 g/mol. The van der Waals surface area contributed by atoms with Crippen LogP contribution in [0.4, 0.5) is 11.4 Å². The van der Waals surface area contributed by atoms with Crippen molar-refractivity contribution in [2.24, 2.45) is 0 Å². The maximum Gasteiger partial charge on any atom is 0.251 e. The number of carbonyl (C=O) groups excluding carboxylic acids is 2. The van der Waals surface area contributed by atoms with Gasteiger partial charge in [-0.1, -0.05) is 17.7 Å². The highest BCUT2D eigenvalue weighted by Crippen LogP contribution is 2.15. The van der Waals surface area contributed by atoms with Gasteiger partial charge in [-0.2, -0.15) is 0 Å². The molecule has 132 valence electrons. The SMILES string of the molecule is COCCNC(=O)c1ccc(NC(=O)CNc2cccc(Cl)c2)cc1. The fourth-order valence-corrected chi connectivity index (χ4v) is 2.25. The van der Waals surface area contributed by atoms with Crippen LogP contribution >= 0.6 is 11.6 Å². The molecule has 0 aliphatic carbocycles. The van der Waals surface area contributed by atoms with Gasteiger partial charge in [0.1, 0.15) is 0 Å². The number of hydrogen-bond acceptors (Lipinski definition) is 4. The summed E-state index contributed by atoms with van der Waals surface area (Å²) in [5, 5.41) is 9.08. The van der Waals surface area contributed by atoms with Gasteiger partial charge in [0.25, 0.3) is 5.91 Å². The molecule has 0 fully saturated rings. The van der Waals surface area contributed by atoms with Crippen molar-refractivity contribution in [3.63, 3.8) is 0 Å². The summed E-state index contributed by atoms with van der Waals surface area (Å²) >= 11 is 5.89. The van der Waals surface area contributed by atoms with E-state index in [1.807, 2.05) is 6.07 Å². The molecular formula is C18H20ClN3O3. The first kappa shape index (κ1) is 18.8. The third-order valence-electron chi connectivity index (χ3n) is 3.30. The van der Waals surface area contributed by atoms with Gasteiger partial charge in [0, 0.05) is 35.6 Å². The van der Waals surface area contributed by atoms with Crippen LogP contribution in [0.25, 0.3) is 0 Å². The number of anilines is 2. The zero-order chi connectivity index (χ0) is 18.1. The standard InChI is InChI=1S/C18H20ClN3O3/c1-25-10-9-20-18(24)13-5-7-15(8-6-13)22-17(23)12-21-16-4-2-3-14(19)11-16/h2-8,11,21H,9-10,12H2,1H3,(H,20,24)(H,22,23). The Labute approximate surface area is 151 Å². The molecule has 0 unspecified atom stereocenters. The van der Waals surface area contributed by atoms with E-state index in [0.717, 1.165) is 5.69 Å². The molecule has 0 radical (unpaired) electrons. The molecule has 25 heavy (non-hydrogen) atoms. The Bertz CT molecular complexity index is 720. The largest absolute Gasteiger partial charge is 0.383 e.